The maximum absolute atomic E-state index is 9.90. The van der Waals surface area contributed by atoms with E-state index in [1.165, 1.54) is 24.8 Å². The van der Waals surface area contributed by atoms with Crippen molar-refractivity contribution in [3.05, 3.63) is 21.9 Å². The molecule has 0 aromatic carbocycles. The zero-order valence-electron chi connectivity index (χ0n) is 9.12. The average Bonchev–Trinajstić information content (AvgIpc) is 2.59. The van der Waals surface area contributed by atoms with Gasteiger partial charge in [-0.05, 0) is 30.4 Å². The largest absolute Gasteiger partial charge is 0.388 e. The van der Waals surface area contributed by atoms with Crippen LogP contribution in [0.3, 0.4) is 0 Å². The molecule has 14 heavy (non-hydrogen) atoms. The van der Waals surface area contributed by atoms with E-state index in [2.05, 4.69) is 25.3 Å². The topological polar surface area (TPSA) is 20.2 Å². The molecule has 1 aromatic heterocycles. The van der Waals surface area contributed by atoms with Gasteiger partial charge in [-0.1, -0.05) is 32.6 Å². The minimum Gasteiger partial charge on any atom is -0.388 e. The minimum absolute atomic E-state index is 0.230. The van der Waals surface area contributed by atoms with Gasteiger partial charge in [0, 0.05) is 4.88 Å². The highest BCUT2D eigenvalue weighted by Gasteiger charge is 2.10. The molecule has 0 amide bonds. The van der Waals surface area contributed by atoms with Crippen molar-refractivity contribution in [1.29, 1.82) is 0 Å². The molecule has 0 saturated heterocycles. The fraction of sp³-hybridized carbons (Fsp3) is 0.667. The standard InChI is InChI=1S/C12H20OS/c1-3-4-5-6-7-11(13)12-10(2)8-9-14-12/h8-9,11,13H,3-7H2,1-2H3. The Morgan fingerprint density at radius 2 is 2.14 bits per heavy atom. The Balaban J connectivity index is 2.28. The summed E-state index contributed by atoms with van der Waals surface area (Å²) >= 11 is 1.67. The van der Waals surface area contributed by atoms with Gasteiger partial charge in [0.1, 0.15) is 0 Å². The van der Waals surface area contributed by atoms with E-state index in [0.29, 0.717) is 0 Å². The van der Waals surface area contributed by atoms with Crippen LogP contribution in [0.15, 0.2) is 11.4 Å². The molecule has 0 fully saturated rings. The predicted molar refractivity (Wildman–Crippen MR) is 62.8 cm³/mol. The predicted octanol–water partition coefficient (Wildman–Crippen LogP) is 4.06. The molecule has 1 heterocycles. The number of hydrogen-bond donors (Lipinski definition) is 1. The van der Waals surface area contributed by atoms with E-state index < -0.39 is 0 Å². The highest BCUT2D eigenvalue weighted by Crippen LogP contribution is 2.27. The Labute approximate surface area is 90.8 Å². The molecule has 2 heteroatoms. The van der Waals surface area contributed by atoms with Crippen molar-refractivity contribution < 1.29 is 5.11 Å². The third-order valence-electron chi connectivity index (χ3n) is 2.54. The Morgan fingerprint density at radius 3 is 2.71 bits per heavy atom. The van der Waals surface area contributed by atoms with Crippen molar-refractivity contribution >= 4 is 11.3 Å². The van der Waals surface area contributed by atoms with Crippen LogP contribution in [0.2, 0.25) is 0 Å². The maximum Gasteiger partial charge on any atom is 0.0884 e. The van der Waals surface area contributed by atoms with Crippen LogP contribution in [0, 0.1) is 6.92 Å². The summed E-state index contributed by atoms with van der Waals surface area (Å²) in [5.74, 6) is 0. The number of aliphatic hydroxyl groups is 1. The molecule has 0 bridgehead atoms. The van der Waals surface area contributed by atoms with Crippen LogP contribution in [-0.2, 0) is 0 Å². The second-order valence-electron chi connectivity index (χ2n) is 3.83. The molecule has 1 unspecified atom stereocenters. The third-order valence-corrected chi connectivity index (χ3v) is 3.66. The summed E-state index contributed by atoms with van der Waals surface area (Å²) in [6, 6.07) is 2.08. The first kappa shape index (κ1) is 11.7. The number of unbranched alkanes of at least 4 members (excludes halogenated alkanes) is 3. The number of aliphatic hydroxyl groups excluding tert-OH is 1. The van der Waals surface area contributed by atoms with Crippen molar-refractivity contribution in [2.75, 3.05) is 0 Å². The van der Waals surface area contributed by atoms with Gasteiger partial charge in [0.05, 0.1) is 6.10 Å². The third kappa shape index (κ3) is 3.43. The van der Waals surface area contributed by atoms with Crippen LogP contribution in [-0.4, -0.2) is 5.11 Å². The van der Waals surface area contributed by atoms with Crippen LogP contribution in [0.5, 0.6) is 0 Å². The quantitative estimate of drug-likeness (QED) is 0.705. The molecule has 1 rings (SSSR count). The fourth-order valence-electron chi connectivity index (χ4n) is 1.62. The monoisotopic (exact) mass is 212 g/mol. The minimum atomic E-state index is -0.230. The molecular formula is C12H20OS. The maximum atomic E-state index is 9.90. The summed E-state index contributed by atoms with van der Waals surface area (Å²) in [6.45, 7) is 4.28. The van der Waals surface area contributed by atoms with E-state index in [-0.39, 0.29) is 6.10 Å². The number of rotatable bonds is 6. The zero-order chi connectivity index (χ0) is 10.4. The lowest BCUT2D eigenvalue weighted by Gasteiger charge is -2.09. The number of aryl methyl sites for hydroxylation is 1. The summed E-state index contributed by atoms with van der Waals surface area (Å²) in [4.78, 5) is 1.15. The van der Waals surface area contributed by atoms with Crippen molar-refractivity contribution in [2.24, 2.45) is 0 Å². The summed E-state index contributed by atoms with van der Waals surface area (Å²) in [5, 5.41) is 12.0. The van der Waals surface area contributed by atoms with E-state index in [0.717, 1.165) is 17.7 Å². The smallest absolute Gasteiger partial charge is 0.0884 e. The van der Waals surface area contributed by atoms with Crippen molar-refractivity contribution in [3.63, 3.8) is 0 Å². The van der Waals surface area contributed by atoms with Gasteiger partial charge in [-0.2, -0.15) is 0 Å². The van der Waals surface area contributed by atoms with Gasteiger partial charge in [-0.3, -0.25) is 0 Å². The Hall–Kier alpha value is -0.340. The highest BCUT2D eigenvalue weighted by molar-refractivity contribution is 7.10. The number of thiophene rings is 1. The summed E-state index contributed by atoms with van der Waals surface area (Å²) in [5.41, 5.74) is 1.23. The van der Waals surface area contributed by atoms with Gasteiger partial charge in [0.25, 0.3) is 0 Å². The number of hydrogen-bond acceptors (Lipinski definition) is 2. The van der Waals surface area contributed by atoms with Crippen LogP contribution < -0.4 is 0 Å². The van der Waals surface area contributed by atoms with Gasteiger partial charge in [0.2, 0.25) is 0 Å². The summed E-state index contributed by atoms with van der Waals surface area (Å²) in [6.07, 6.45) is 5.63. The lowest BCUT2D eigenvalue weighted by Crippen LogP contribution is -1.96. The molecule has 1 nitrogen and oxygen atoms in total. The van der Waals surface area contributed by atoms with E-state index in [1.54, 1.807) is 11.3 Å². The van der Waals surface area contributed by atoms with Crippen molar-refractivity contribution in [2.45, 2.75) is 52.1 Å². The molecule has 1 aromatic rings. The highest BCUT2D eigenvalue weighted by atomic mass is 32.1. The Kier molecular flexibility index (Phi) is 5.20. The second-order valence-corrected chi connectivity index (χ2v) is 4.78. The van der Waals surface area contributed by atoms with E-state index in [4.69, 9.17) is 0 Å². The molecule has 0 radical (unpaired) electrons. The first-order valence-corrected chi connectivity index (χ1v) is 6.35. The average molecular weight is 212 g/mol. The first-order valence-electron chi connectivity index (χ1n) is 5.47. The molecule has 0 aliphatic carbocycles. The van der Waals surface area contributed by atoms with E-state index in [9.17, 15) is 5.11 Å². The molecule has 80 valence electrons. The molecule has 0 saturated carbocycles. The van der Waals surface area contributed by atoms with E-state index in [1.807, 2.05) is 0 Å². The Morgan fingerprint density at radius 1 is 1.36 bits per heavy atom. The molecule has 1 N–H and O–H groups in total. The summed E-state index contributed by atoms with van der Waals surface area (Å²) < 4.78 is 0. The van der Waals surface area contributed by atoms with Gasteiger partial charge in [0.15, 0.2) is 0 Å². The van der Waals surface area contributed by atoms with Gasteiger partial charge in [-0.15, -0.1) is 11.3 Å². The summed E-state index contributed by atoms with van der Waals surface area (Å²) in [7, 11) is 0. The van der Waals surface area contributed by atoms with Gasteiger partial charge >= 0.3 is 0 Å². The molecule has 0 aliphatic heterocycles. The Bertz CT molecular complexity index is 255. The van der Waals surface area contributed by atoms with Crippen molar-refractivity contribution in [1.82, 2.24) is 0 Å². The normalized spacial score (nSPS) is 13.1. The van der Waals surface area contributed by atoms with Crippen LogP contribution in [0.25, 0.3) is 0 Å². The van der Waals surface area contributed by atoms with Crippen LogP contribution >= 0.6 is 11.3 Å². The molecule has 0 spiro atoms. The lowest BCUT2D eigenvalue weighted by atomic mass is 10.1. The molecule has 0 aliphatic rings. The van der Waals surface area contributed by atoms with E-state index >= 15 is 0 Å². The zero-order valence-corrected chi connectivity index (χ0v) is 9.94. The molecule has 1 atom stereocenters. The lowest BCUT2D eigenvalue weighted by molar-refractivity contribution is 0.166. The fourth-order valence-corrected chi connectivity index (χ4v) is 2.57. The second kappa shape index (κ2) is 6.20. The molecular weight excluding hydrogens is 192 g/mol. The van der Waals surface area contributed by atoms with Crippen LogP contribution in [0.4, 0.5) is 0 Å². The van der Waals surface area contributed by atoms with Gasteiger partial charge in [-0.25, -0.2) is 0 Å². The van der Waals surface area contributed by atoms with Gasteiger partial charge < -0.3 is 5.11 Å². The first-order chi connectivity index (χ1) is 6.75. The van der Waals surface area contributed by atoms with Crippen LogP contribution in [0.1, 0.15) is 55.6 Å². The SMILES string of the molecule is CCCCCCC(O)c1sccc1C. The van der Waals surface area contributed by atoms with Crippen molar-refractivity contribution in [3.8, 4) is 0 Å².